The third-order valence-electron chi connectivity index (χ3n) is 2.80. The number of rotatable bonds is 2. The van der Waals surface area contributed by atoms with Gasteiger partial charge in [-0.2, -0.15) is 0 Å². The van der Waals surface area contributed by atoms with Gasteiger partial charge >= 0.3 is 0 Å². The summed E-state index contributed by atoms with van der Waals surface area (Å²) in [5.41, 5.74) is 4.06. The number of hydrogen-bond acceptors (Lipinski definition) is 0. The van der Waals surface area contributed by atoms with E-state index in [1.165, 1.54) is 24.3 Å². The molecule has 5 heteroatoms. The van der Waals surface area contributed by atoms with Crippen LogP contribution in [0.3, 0.4) is 0 Å². The number of halogens is 5. The summed E-state index contributed by atoms with van der Waals surface area (Å²) in [5, 5.41) is 0. The first-order valence-electron chi connectivity index (χ1n) is 6.52. The minimum Gasteiger partial charge on any atom is -0.207 e. The van der Waals surface area contributed by atoms with Gasteiger partial charge in [-0.3, -0.25) is 0 Å². The number of benzene rings is 2. The molecule has 0 saturated heterocycles. The highest BCUT2D eigenvalue weighted by molar-refractivity contribution is 9.93. The molecule has 0 amide bonds. The average molecular weight is 511 g/mol. The van der Waals surface area contributed by atoms with E-state index in [1.807, 2.05) is 18.8 Å². The molecule has 0 atom stereocenters. The van der Waals surface area contributed by atoms with E-state index in [9.17, 15) is 8.78 Å². The van der Waals surface area contributed by atoms with Crippen molar-refractivity contribution in [2.24, 2.45) is 0 Å². The zero-order valence-corrected chi connectivity index (χ0v) is 17.6. The molecule has 0 heterocycles. The molecular formula is C18H17Br3F2. The van der Waals surface area contributed by atoms with Crippen LogP contribution in [0.5, 0.6) is 0 Å². The van der Waals surface area contributed by atoms with Gasteiger partial charge in [0, 0.05) is 28.3 Å². The lowest BCUT2D eigenvalue weighted by atomic mass is 10.1. The summed E-state index contributed by atoms with van der Waals surface area (Å²) in [6.07, 6.45) is 0. The molecule has 0 spiro atoms. The van der Waals surface area contributed by atoms with Crippen LogP contribution < -0.4 is 0 Å². The maximum absolute atomic E-state index is 12.4. The summed E-state index contributed by atoms with van der Waals surface area (Å²) in [5.74, 6) is -0.402. The Labute approximate surface area is 160 Å². The molecule has 0 aliphatic carbocycles. The highest BCUT2D eigenvalue weighted by Gasteiger charge is 1.94. The summed E-state index contributed by atoms with van der Waals surface area (Å²) in [6, 6.07) is 12.7. The second-order valence-corrected chi connectivity index (χ2v) is 5.04. The Bertz CT molecular complexity index is 618. The Morgan fingerprint density at radius 3 is 1.48 bits per heavy atom. The van der Waals surface area contributed by atoms with Crippen LogP contribution in [0, 0.1) is 11.6 Å². The fraction of sp³-hybridized carbons (Fsp3) is 0.111. The molecule has 0 aliphatic rings. The predicted octanol–water partition coefficient (Wildman–Crippen LogP) is 8.13. The van der Waals surface area contributed by atoms with Crippen molar-refractivity contribution < 1.29 is 8.78 Å². The Morgan fingerprint density at radius 2 is 1.17 bits per heavy atom. The molecular weight excluding hydrogens is 494 g/mol. The van der Waals surface area contributed by atoms with Crippen LogP contribution in [0.1, 0.15) is 25.0 Å². The van der Waals surface area contributed by atoms with Gasteiger partial charge in [-0.15, -0.1) is 0 Å². The summed E-state index contributed by atoms with van der Waals surface area (Å²) >= 11 is 8.71. The van der Waals surface area contributed by atoms with Crippen LogP contribution in [0.4, 0.5) is 8.78 Å². The standard InChI is InChI=1S/C9H8BrF.C9H9F.Br2/c1-7(6-10)8-2-4-9(11)5-3-8;1-7(2)8-3-5-9(10)6-4-8;1-2/h2-6H,1H3;3-6H,1H2,2H3;/b7-6+;;. The minimum absolute atomic E-state index is 0.198. The monoisotopic (exact) mass is 508 g/mol. The first kappa shape index (κ1) is 22.2. The Balaban J connectivity index is 0.000000381. The van der Waals surface area contributed by atoms with Crippen LogP contribution in [-0.2, 0) is 0 Å². The van der Waals surface area contributed by atoms with Crippen molar-refractivity contribution in [3.05, 3.63) is 82.9 Å². The quantitative estimate of drug-likeness (QED) is 0.382. The number of hydrogen-bond donors (Lipinski definition) is 0. The second-order valence-electron chi connectivity index (χ2n) is 4.59. The van der Waals surface area contributed by atoms with Gasteiger partial charge < -0.3 is 0 Å². The minimum atomic E-state index is -0.204. The van der Waals surface area contributed by atoms with Crippen molar-refractivity contribution in [1.82, 2.24) is 0 Å². The largest absolute Gasteiger partial charge is 0.207 e. The molecule has 0 nitrogen and oxygen atoms in total. The van der Waals surface area contributed by atoms with E-state index in [0.29, 0.717) is 0 Å². The van der Waals surface area contributed by atoms with E-state index in [0.717, 1.165) is 22.3 Å². The summed E-state index contributed by atoms with van der Waals surface area (Å²) in [7, 11) is 0. The lowest BCUT2D eigenvalue weighted by Crippen LogP contribution is -1.78. The maximum atomic E-state index is 12.4. The van der Waals surface area contributed by atoms with Gasteiger partial charge in [0.2, 0.25) is 0 Å². The van der Waals surface area contributed by atoms with Gasteiger partial charge in [-0.25, -0.2) is 8.78 Å². The predicted molar refractivity (Wildman–Crippen MR) is 108 cm³/mol. The first-order valence-corrected chi connectivity index (χ1v) is 11.2. The normalized spacial score (nSPS) is 9.96. The maximum Gasteiger partial charge on any atom is 0.123 e. The van der Waals surface area contributed by atoms with Crippen molar-refractivity contribution in [2.45, 2.75) is 13.8 Å². The van der Waals surface area contributed by atoms with E-state index in [1.54, 1.807) is 24.3 Å². The fourth-order valence-corrected chi connectivity index (χ4v) is 1.77. The second kappa shape index (κ2) is 12.6. The van der Waals surface area contributed by atoms with E-state index >= 15 is 0 Å². The molecule has 0 bridgehead atoms. The first-order chi connectivity index (χ1) is 10.9. The average Bonchev–Trinajstić information content (AvgIpc) is 2.57. The highest BCUT2D eigenvalue weighted by Crippen LogP contribution is 2.15. The lowest BCUT2D eigenvalue weighted by Gasteiger charge is -1.97. The van der Waals surface area contributed by atoms with Gasteiger partial charge in [0.15, 0.2) is 0 Å². The van der Waals surface area contributed by atoms with Crippen LogP contribution in [0.2, 0.25) is 0 Å². The molecule has 0 radical (unpaired) electrons. The van der Waals surface area contributed by atoms with Crippen molar-refractivity contribution in [1.29, 1.82) is 0 Å². The molecule has 124 valence electrons. The van der Waals surface area contributed by atoms with Gasteiger partial charge in [0.25, 0.3) is 0 Å². The zero-order valence-electron chi connectivity index (χ0n) is 12.8. The van der Waals surface area contributed by atoms with Crippen LogP contribution in [0.25, 0.3) is 11.1 Å². The Hall–Kier alpha value is -0.780. The molecule has 0 aliphatic heterocycles. The molecule has 2 rings (SSSR count). The molecule has 2 aromatic carbocycles. The summed E-state index contributed by atoms with van der Waals surface area (Å²) in [6.45, 7) is 7.59. The van der Waals surface area contributed by atoms with E-state index in [-0.39, 0.29) is 11.6 Å². The molecule has 0 fully saturated rings. The van der Waals surface area contributed by atoms with Gasteiger partial charge in [-0.05, 0) is 59.8 Å². The van der Waals surface area contributed by atoms with Gasteiger partial charge in [0.1, 0.15) is 11.6 Å². The fourth-order valence-electron chi connectivity index (χ4n) is 1.51. The highest BCUT2D eigenvalue weighted by atomic mass is 80.9. The van der Waals surface area contributed by atoms with Crippen LogP contribution in [0.15, 0.2) is 60.1 Å². The van der Waals surface area contributed by atoms with Crippen LogP contribution in [-0.4, -0.2) is 0 Å². The van der Waals surface area contributed by atoms with Crippen molar-refractivity contribution in [2.75, 3.05) is 0 Å². The molecule has 0 saturated carbocycles. The van der Waals surface area contributed by atoms with Crippen molar-refractivity contribution in [3.63, 3.8) is 0 Å². The summed E-state index contributed by atoms with van der Waals surface area (Å²) < 4.78 is 24.7. The zero-order chi connectivity index (χ0) is 17.8. The third kappa shape index (κ3) is 9.18. The van der Waals surface area contributed by atoms with Crippen LogP contribution >= 0.6 is 44.2 Å². The van der Waals surface area contributed by atoms with Gasteiger partial charge in [0.05, 0.1) is 0 Å². The van der Waals surface area contributed by atoms with Crippen molar-refractivity contribution in [3.8, 4) is 0 Å². The lowest BCUT2D eigenvalue weighted by molar-refractivity contribution is 0.627. The molecule has 0 N–H and O–H groups in total. The summed E-state index contributed by atoms with van der Waals surface area (Å²) in [4.78, 5) is 1.82. The molecule has 2 aromatic rings. The molecule has 23 heavy (non-hydrogen) atoms. The smallest absolute Gasteiger partial charge is 0.123 e. The Morgan fingerprint density at radius 1 is 0.826 bits per heavy atom. The Kier molecular flexibility index (Phi) is 12.2. The number of allylic oxidation sites excluding steroid dienone is 2. The van der Waals surface area contributed by atoms with E-state index in [4.69, 9.17) is 0 Å². The van der Waals surface area contributed by atoms with E-state index in [2.05, 4.69) is 50.8 Å². The van der Waals surface area contributed by atoms with Crippen molar-refractivity contribution >= 4 is 55.3 Å². The SMILES string of the molecule is BrBr.C/C(=C\Br)c1ccc(F)cc1.C=C(C)c1ccc(F)cc1. The molecule has 0 unspecified atom stereocenters. The van der Waals surface area contributed by atoms with Gasteiger partial charge in [-0.1, -0.05) is 52.3 Å². The third-order valence-corrected chi connectivity index (χ3v) is 3.49. The molecule has 0 aromatic heterocycles. The topological polar surface area (TPSA) is 0 Å². The van der Waals surface area contributed by atoms with E-state index < -0.39 is 0 Å².